The molecule has 2 heterocycles. The molecule has 2 atom stereocenters. The molecule has 2 fully saturated rings. The van der Waals surface area contributed by atoms with Gasteiger partial charge in [-0.05, 0) is 23.8 Å². The predicted octanol–water partition coefficient (Wildman–Crippen LogP) is 1.44. The summed E-state index contributed by atoms with van der Waals surface area (Å²) in [6.45, 7) is 2.76. The maximum atomic E-state index is 13.1. The van der Waals surface area contributed by atoms with Gasteiger partial charge in [-0.3, -0.25) is 15.0 Å². The highest BCUT2D eigenvalue weighted by Gasteiger charge is 2.37. The van der Waals surface area contributed by atoms with Gasteiger partial charge in [-0.2, -0.15) is 0 Å². The Kier molecular flexibility index (Phi) is 5.78. The third-order valence-electron chi connectivity index (χ3n) is 5.65. The summed E-state index contributed by atoms with van der Waals surface area (Å²) >= 11 is 0. The number of hydrogen-bond donors (Lipinski definition) is 2. The first-order valence-corrected chi connectivity index (χ1v) is 9.93. The number of carbonyl (C=O) groups is 2. The highest BCUT2D eigenvalue weighted by molar-refractivity contribution is 5.94. The van der Waals surface area contributed by atoms with Crippen LogP contribution in [0.2, 0.25) is 0 Å². The lowest BCUT2D eigenvalue weighted by atomic mass is 9.93. The van der Waals surface area contributed by atoms with E-state index in [0.29, 0.717) is 44.0 Å². The second-order valence-corrected chi connectivity index (χ2v) is 7.37. The number of methoxy groups -OCH3 is 1. The number of piperazine rings is 1. The Hall–Kier alpha value is -2.90. The summed E-state index contributed by atoms with van der Waals surface area (Å²) in [6, 6.07) is 17.2. The fraction of sp³-hybridized carbons (Fsp3) is 0.364. The van der Waals surface area contributed by atoms with Crippen LogP contribution in [-0.2, 0) is 4.79 Å². The Morgan fingerprint density at radius 3 is 2.41 bits per heavy atom. The second-order valence-electron chi connectivity index (χ2n) is 7.37. The zero-order valence-electron chi connectivity index (χ0n) is 16.5. The zero-order chi connectivity index (χ0) is 20.2. The van der Waals surface area contributed by atoms with Gasteiger partial charge in [0.05, 0.1) is 19.1 Å². The van der Waals surface area contributed by atoms with Gasteiger partial charge < -0.3 is 14.5 Å². The molecule has 0 aliphatic carbocycles. The Labute approximate surface area is 170 Å². The molecule has 2 amide bonds. The highest BCUT2D eigenvalue weighted by Crippen LogP contribution is 2.27. The number of amides is 2. The molecule has 2 aromatic carbocycles. The van der Waals surface area contributed by atoms with Crippen molar-refractivity contribution < 1.29 is 14.3 Å². The number of nitrogens with one attached hydrogen (secondary N) is 2. The van der Waals surface area contributed by atoms with E-state index in [9.17, 15) is 9.59 Å². The summed E-state index contributed by atoms with van der Waals surface area (Å²) < 4.78 is 5.21. The van der Waals surface area contributed by atoms with Gasteiger partial charge in [0, 0.05) is 38.3 Å². The minimum Gasteiger partial charge on any atom is -0.497 e. The number of benzene rings is 2. The maximum Gasteiger partial charge on any atom is 0.254 e. The van der Waals surface area contributed by atoms with Crippen LogP contribution in [0.25, 0.3) is 0 Å². The summed E-state index contributed by atoms with van der Waals surface area (Å²) in [6.07, 6.45) is 0. The average molecular weight is 394 g/mol. The molecule has 7 nitrogen and oxygen atoms in total. The van der Waals surface area contributed by atoms with Gasteiger partial charge >= 0.3 is 0 Å². The Balaban J connectivity index is 1.37. The molecule has 152 valence electrons. The summed E-state index contributed by atoms with van der Waals surface area (Å²) in [5.41, 5.74) is 8.06. The number of hydrazine groups is 1. The highest BCUT2D eigenvalue weighted by atomic mass is 16.5. The molecular weight excluding hydrogens is 368 g/mol. The van der Waals surface area contributed by atoms with Crippen LogP contribution < -0.4 is 15.6 Å². The van der Waals surface area contributed by atoms with Crippen molar-refractivity contribution in [2.75, 3.05) is 39.8 Å². The molecular formula is C22H26N4O3. The first-order chi connectivity index (χ1) is 14.2. The van der Waals surface area contributed by atoms with Gasteiger partial charge in [0.2, 0.25) is 5.91 Å². The van der Waals surface area contributed by atoms with Gasteiger partial charge in [-0.25, -0.2) is 5.43 Å². The van der Waals surface area contributed by atoms with E-state index in [2.05, 4.69) is 10.9 Å². The van der Waals surface area contributed by atoms with Crippen molar-refractivity contribution in [1.29, 1.82) is 0 Å². The van der Waals surface area contributed by atoms with Gasteiger partial charge in [-0.1, -0.05) is 36.4 Å². The summed E-state index contributed by atoms with van der Waals surface area (Å²) in [5.74, 6) is 0.614. The largest absolute Gasteiger partial charge is 0.497 e. The van der Waals surface area contributed by atoms with Gasteiger partial charge in [0.15, 0.2) is 0 Å². The van der Waals surface area contributed by atoms with Crippen LogP contribution in [0.15, 0.2) is 54.6 Å². The fourth-order valence-electron chi connectivity index (χ4n) is 4.01. The minimum atomic E-state index is -0.155. The smallest absolute Gasteiger partial charge is 0.254 e. The lowest BCUT2D eigenvalue weighted by Crippen LogP contribution is -2.52. The third kappa shape index (κ3) is 4.11. The van der Waals surface area contributed by atoms with Crippen molar-refractivity contribution in [2.45, 2.75) is 6.04 Å². The molecule has 0 radical (unpaired) electrons. The number of rotatable bonds is 4. The van der Waals surface area contributed by atoms with Crippen LogP contribution >= 0.6 is 0 Å². The molecule has 2 aliphatic rings. The Bertz CT molecular complexity index is 865. The molecule has 2 saturated heterocycles. The summed E-state index contributed by atoms with van der Waals surface area (Å²) in [5, 5.41) is 0. The van der Waals surface area contributed by atoms with E-state index in [1.165, 1.54) is 0 Å². The molecule has 2 aliphatic heterocycles. The van der Waals surface area contributed by atoms with Crippen molar-refractivity contribution in [1.82, 2.24) is 20.7 Å². The van der Waals surface area contributed by atoms with Crippen LogP contribution in [0.3, 0.4) is 0 Å². The van der Waals surface area contributed by atoms with Crippen LogP contribution in [0.4, 0.5) is 0 Å². The normalized spacial score (nSPS) is 21.8. The standard InChI is InChI=1S/C22H26N4O3/c1-29-18-9-5-8-17(14-18)21(27)25-10-12-26(13-11-25)22(28)19-15-23-24-20(19)16-6-3-2-4-7-16/h2-9,14,19-20,23-24H,10-13,15H2,1H3. The minimum absolute atomic E-state index is 0.0256. The first-order valence-electron chi connectivity index (χ1n) is 9.93. The van der Waals surface area contributed by atoms with E-state index in [0.717, 1.165) is 5.56 Å². The fourth-order valence-corrected chi connectivity index (χ4v) is 4.01. The van der Waals surface area contributed by atoms with Gasteiger partial charge in [-0.15, -0.1) is 0 Å². The van der Waals surface area contributed by atoms with Crippen LogP contribution in [-0.4, -0.2) is 61.4 Å². The topological polar surface area (TPSA) is 73.9 Å². The molecule has 0 spiro atoms. The lowest BCUT2D eigenvalue weighted by molar-refractivity contribution is -0.137. The monoisotopic (exact) mass is 394 g/mol. The quantitative estimate of drug-likeness (QED) is 0.821. The van der Waals surface area contributed by atoms with Crippen molar-refractivity contribution in [3.63, 3.8) is 0 Å². The predicted molar refractivity (Wildman–Crippen MR) is 109 cm³/mol. The molecule has 0 bridgehead atoms. The third-order valence-corrected chi connectivity index (χ3v) is 5.65. The zero-order valence-corrected chi connectivity index (χ0v) is 16.5. The van der Waals surface area contributed by atoms with Crippen LogP contribution in [0, 0.1) is 5.92 Å². The Morgan fingerprint density at radius 2 is 1.69 bits per heavy atom. The summed E-state index contributed by atoms with van der Waals surface area (Å²) in [7, 11) is 1.59. The van der Waals surface area contributed by atoms with Crippen LogP contribution in [0.1, 0.15) is 22.0 Å². The molecule has 4 rings (SSSR count). The summed E-state index contributed by atoms with van der Waals surface area (Å²) in [4.78, 5) is 29.6. The number of hydrogen-bond acceptors (Lipinski definition) is 5. The van der Waals surface area contributed by atoms with E-state index in [1.54, 1.807) is 24.1 Å². The van der Waals surface area contributed by atoms with Crippen LogP contribution in [0.5, 0.6) is 5.75 Å². The molecule has 2 aromatic rings. The molecule has 0 saturated carbocycles. The van der Waals surface area contributed by atoms with Crippen molar-refractivity contribution in [2.24, 2.45) is 5.92 Å². The second kappa shape index (κ2) is 8.63. The molecule has 7 heteroatoms. The van der Waals surface area contributed by atoms with Gasteiger partial charge in [0.1, 0.15) is 5.75 Å². The number of nitrogens with zero attached hydrogens (tertiary/aromatic N) is 2. The SMILES string of the molecule is COc1cccc(C(=O)N2CCN(C(=O)C3CNNC3c3ccccc3)CC2)c1. The molecule has 2 unspecified atom stereocenters. The van der Waals surface area contributed by atoms with E-state index < -0.39 is 0 Å². The van der Waals surface area contributed by atoms with E-state index >= 15 is 0 Å². The van der Waals surface area contributed by atoms with E-state index in [1.807, 2.05) is 47.4 Å². The molecule has 2 N–H and O–H groups in total. The maximum absolute atomic E-state index is 13.1. The average Bonchev–Trinajstić information content (AvgIpc) is 3.29. The van der Waals surface area contributed by atoms with E-state index in [4.69, 9.17) is 4.74 Å². The van der Waals surface area contributed by atoms with Crippen molar-refractivity contribution >= 4 is 11.8 Å². The van der Waals surface area contributed by atoms with Crippen molar-refractivity contribution in [3.05, 3.63) is 65.7 Å². The number of ether oxygens (including phenoxy) is 1. The van der Waals surface area contributed by atoms with Crippen molar-refractivity contribution in [3.8, 4) is 5.75 Å². The first kappa shape index (κ1) is 19.4. The molecule has 0 aromatic heterocycles. The molecule has 29 heavy (non-hydrogen) atoms. The number of carbonyl (C=O) groups excluding carboxylic acids is 2. The Morgan fingerprint density at radius 1 is 0.966 bits per heavy atom. The van der Waals surface area contributed by atoms with Gasteiger partial charge in [0.25, 0.3) is 5.91 Å². The van der Waals surface area contributed by atoms with E-state index in [-0.39, 0.29) is 23.8 Å². The lowest BCUT2D eigenvalue weighted by Gasteiger charge is -2.36.